The molecule has 2 aliphatic heterocycles. The molecule has 140 valence electrons. The third-order valence-corrected chi connectivity index (χ3v) is 5.34. The average Bonchev–Trinajstić information content (AvgIpc) is 3.38. The predicted molar refractivity (Wildman–Crippen MR) is 107 cm³/mol. The van der Waals surface area contributed by atoms with Crippen molar-refractivity contribution in [3.8, 4) is 0 Å². The molecule has 2 saturated heterocycles. The zero-order valence-corrected chi connectivity index (χ0v) is 15.4. The minimum Gasteiger partial charge on any atom is -0.370 e. The summed E-state index contributed by atoms with van der Waals surface area (Å²) >= 11 is 0. The molecule has 0 aromatic heterocycles. The summed E-state index contributed by atoms with van der Waals surface area (Å²) in [5.74, 6) is 0.279. The number of likely N-dealkylation sites (tertiary alicyclic amines) is 1. The molecule has 0 saturated carbocycles. The molecule has 27 heavy (non-hydrogen) atoms. The van der Waals surface area contributed by atoms with Crippen LogP contribution in [0.2, 0.25) is 0 Å². The fourth-order valence-electron chi connectivity index (χ4n) is 3.90. The molecule has 0 radical (unpaired) electrons. The van der Waals surface area contributed by atoms with Crippen molar-refractivity contribution in [2.24, 2.45) is 0 Å². The van der Waals surface area contributed by atoms with Crippen molar-refractivity contribution in [2.45, 2.75) is 31.7 Å². The monoisotopic (exact) mass is 363 g/mol. The average molecular weight is 363 g/mol. The van der Waals surface area contributed by atoms with Crippen LogP contribution in [0.15, 0.2) is 54.6 Å². The molecule has 2 amide bonds. The Morgan fingerprint density at radius 1 is 0.926 bits per heavy atom. The summed E-state index contributed by atoms with van der Waals surface area (Å²) in [6.45, 7) is 2.41. The van der Waals surface area contributed by atoms with Crippen LogP contribution in [-0.2, 0) is 9.59 Å². The molecule has 5 heteroatoms. The van der Waals surface area contributed by atoms with E-state index < -0.39 is 6.04 Å². The smallest absolute Gasteiger partial charge is 0.249 e. The maximum absolute atomic E-state index is 13.1. The van der Waals surface area contributed by atoms with Gasteiger partial charge in [-0.15, -0.1) is 0 Å². The van der Waals surface area contributed by atoms with Crippen LogP contribution >= 0.6 is 0 Å². The van der Waals surface area contributed by atoms with Gasteiger partial charge in [0, 0.05) is 37.4 Å². The number of amides is 2. The molecule has 2 heterocycles. The van der Waals surface area contributed by atoms with Crippen LogP contribution in [0.1, 0.15) is 37.3 Å². The van der Waals surface area contributed by atoms with Gasteiger partial charge in [-0.3, -0.25) is 9.59 Å². The predicted octanol–water partition coefficient (Wildman–Crippen LogP) is 3.59. The number of carbonyl (C=O) groups excluding carboxylic acids is 2. The van der Waals surface area contributed by atoms with Crippen molar-refractivity contribution in [3.63, 3.8) is 0 Å². The second kappa shape index (κ2) is 7.82. The number of hydrogen-bond donors (Lipinski definition) is 1. The quantitative estimate of drug-likeness (QED) is 0.883. The normalized spacial score (nSPS) is 18.0. The van der Waals surface area contributed by atoms with Gasteiger partial charge in [0.2, 0.25) is 11.8 Å². The van der Waals surface area contributed by atoms with Crippen LogP contribution in [0.25, 0.3) is 0 Å². The van der Waals surface area contributed by atoms with Gasteiger partial charge in [0.05, 0.1) is 0 Å². The maximum Gasteiger partial charge on any atom is 0.249 e. The van der Waals surface area contributed by atoms with Gasteiger partial charge in [-0.05, 0) is 43.0 Å². The molecular formula is C22H25N3O2. The molecule has 2 aliphatic rings. The number of nitrogens with zero attached hydrogens (tertiary/aromatic N) is 2. The van der Waals surface area contributed by atoms with Gasteiger partial charge < -0.3 is 15.1 Å². The molecule has 2 fully saturated rings. The first kappa shape index (κ1) is 17.6. The summed E-state index contributed by atoms with van der Waals surface area (Å²) in [6.07, 6.45) is 3.65. The summed E-state index contributed by atoms with van der Waals surface area (Å²) in [5.41, 5.74) is 2.70. The van der Waals surface area contributed by atoms with Gasteiger partial charge in [0.1, 0.15) is 6.04 Å². The molecule has 0 bridgehead atoms. The lowest BCUT2D eigenvalue weighted by atomic mass is 10.0. The minimum atomic E-state index is -0.422. The van der Waals surface area contributed by atoms with Crippen molar-refractivity contribution in [3.05, 3.63) is 60.2 Å². The lowest BCUT2D eigenvalue weighted by Crippen LogP contribution is -2.36. The zero-order valence-electron chi connectivity index (χ0n) is 15.4. The highest BCUT2D eigenvalue weighted by Crippen LogP contribution is 2.28. The van der Waals surface area contributed by atoms with Gasteiger partial charge in [0.25, 0.3) is 0 Å². The Balaban J connectivity index is 1.60. The number of carbonyl (C=O) groups is 2. The van der Waals surface area contributed by atoms with Crippen LogP contribution in [0.3, 0.4) is 0 Å². The van der Waals surface area contributed by atoms with Crippen LogP contribution in [0.5, 0.6) is 0 Å². The van der Waals surface area contributed by atoms with Gasteiger partial charge in [-0.2, -0.15) is 0 Å². The lowest BCUT2D eigenvalue weighted by molar-refractivity contribution is -0.131. The van der Waals surface area contributed by atoms with E-state index in [9.17, 15) is 9.59 Å². The van der Waals surface area contributed by atoms with E-state index in [0.717, 1.165) is 55.8 Å². The van der Waals surface area contributed by atoms with E-state index in [1.165, 1.54) is 0 Å². The molecule has 1 atom stereocenters. The Hall–Kier alpha value is -2.82. The standard InChI is InChI=1S/C22H25N3O2/c26-20-12-7-15-25(20)19-11-6-10-18(16-19)23-21(17-8-2-1-3-9-17)22(27)24-13-4-5-14-24/h1-3,6,8-11,16,21,23H,4-5,7,12-15H2/t21-/m1/s1. The van der Waals surface area contributed by atoms with Gasteiger partial charge >= 0.3 is 0 Å². The largest absolute Gasteiger partial charge is 0.370 e. The maximum atomic E-state index is 13.1. The molecule has 2 aromatic carbocycles. The van der Waals surface area contributed by atoms with Crippen LogP contribution in [0.4, 0.5) is 11.4 Å². The van der Waals surface area contributed by atoms with Gasteiger partial charge in [-0.1, -0.05) is 36.4 Å². The topological polar surface area (TPSA) is 52.7 Å². The van der Waals surface area contributed by atoms with E-state index in [0.29, 0.717) is 6.42 Å². The third kappa shape index (κ3) is 3.82. The Labute approximate surface area is 160 Å². The van der Waals surface area contributed by atoms with Crippen LogP contribution < -0.4 is 10.2 Å². The summed E-state index contributed by atoms with van der Waals surface area (Å²) in [6, 6.07) is 17.2. The first-order chi connectivity index (χ1) is 13.2. The van der Waals surface area contributed by atoms with Gasteiger partial charge in [-0.25, -0.2) is 0 Å². The molecule has 0 spiro atoms. The van der Waals surface area contributed by atoms with Crippen molar-refractivity contribution >= 4 is 23.2 Å². The number of anilines is 2. The third-order valence-electron chi connectivity index (χ3n) is 5.34. The highest BCUT2D eigenvalue weighted by Gasteiger charge is 2.28. The molecule has 0 unspecified atom stereocenters. The fraction of sp³-hybridized carbons (Fsp3) is 0.364. The Bertz CT molecular complexity index is 815. The molecule has 0 aliphatic carbocycles. The number of hydrogen-bond acceptors (Lipinski definition) is 3. The van der Waals surface area contributed by atoms with E-state index >= 15 is 0 Å². The minimum absolute atomic E-state index is 0.112. The summed E-state index contributed by atoms with van der Waals surface area (Å²) in [5, 5.41) is 3.42. The van der Waals surface area contributed by atoms with Crippen LogP contribution in [-0.4, -0.2) is 36.3 Å². The zero-order chi connectivity index (χ0) is 18.6. The van der Waals surface area contributed by atoms with Crippen molar-refractivity contribution in [1.82, 2.24) is 4.90 Å². The summed E-state index contributed by atoms with van der Waals surface area (Å²) < 4.78 is 0. The highest BCUT2D eigenvalue weighted by molar-refractivity contribution is 5.96. The summed E-state index contributed by atoms with van der Waals surface area (Å²) in [7, 11) is 0. The van der Waals surface area contributed by atoms with E-state index in [2.05, 4.69) is 5.32 Å². The Kier molecular flexibility index (Phi) is 5.10. The SMILES string of the molecule is O=C([C@H](Nc1cccc(N2CCCC2=O)c1)c1ccccc1)N1CCCC1. The molecule has 5 nitrogen and oxygen atoms in total. The highest BCUT2D eigenvalue weighted by atomic mass is 16.2. The first-order valence-electron chi connectivity index (χ1n) is 9.73. The van der Waals surface area contributed by atoms with E-state index in [1.807, 2.05) is 64.4 Å². The Morgan fingerprint density at radius 3 is 2.41 bits per heavy atom. The van der Waals surface area contributed by atoms with E-state index in [1.54, 1.807) is 0 Å². The lowest BCUT2D eigenvalue weighted by Gasteiger charge is -2.26. The van der Waals surface area contributed by atoms with Crippen LogP contribution in [0, 0.1) is 0 Å². The van der Waals surface area contributed by atoms with Crippen molar-refractivity contribution in [2.75, 3.05) is 29.9 Å². The fourth-order valence-corrected chi connectivity index (χ4v) is 3.90. The molecule has 1 N–H and O–H groups in total. The van der Waals surface area contributed by atoms with E-state index in [-0.39, 0.29) is 11.8 Å². The van der Waals surface area contributed by atoms with Gasteiger partial charge in [0.15, 0.2) is 0 Å². The Morgan fingerprint density at radius 2 is 1.70 bits per heavy atom. The number of benzene rings is 2. The van der Waals surface area contributed by atoms with Crippen molar-refractivity contribution < 1.29 is 9.59 Å². The molecule has 4 rings (SSSR count). The molecular weight excluding hydrogens is 338 g/mol. The second-order valence-electron chi connectivity index (χ2n) is 7.22. The first-order valence-corrected chi connectivity index (χ1v) is 9.73. The van der Waals surface area contributed by atoms with Crippen molar-refractivity contribution in [1.29, 1.82) is 0 Å². The molecule has 2 aromatic rings. The number of nitrogens with one attached hydrogen (secondary N) is 1. The summed E-state index contributed by atoms with van der Waals surface area (Å²) in [4.78, 5) is 29.0. The van der Waals surface area contributed by atoms with E-state index in [4.69, 9.17) is 0 Å². The second-order valence-corrected chi connectivity index (χ2v) is 7.22. The number of rotatable bonds is 5.